The quantitative estimate of drug-likeness (QED) is 0.785. The molecule has 0 radical (unpaired) electrons. The van der Waals surface area contributed by atoms with Gasteiger partial charge < -0.3 is 10.6 Å². The molecule has 1 aromatic carbocycles. The van der Waals surface area contributed by atoms with Gasteiger partial charge in [0, 0.05) is 24.8 Å². The highest BCUT2D eigenvalue weighted by Gasteiger charge is 2.25. The van der Waals surface area contributed by atoms with Crippen LogP contribution in [0.1, 0.15) is 45.1 Å². The average molecular weight is 278 g/mol. The van der Waals surface area contributed by atoms with Gasteiger partial charge in [-0.1, -0.05) is 13.8 Å². The van der Waals surface area contributed by atoms with Crippen LogP contribution in [0, 0.1) is 11.7 Å². The zero-order valence-corrected chi connectivity index (χ0v) is 12.7. The van der Waals surface area contributed by atoms with E-state index in [1.807, 2.05) is 6.07 Å². The van der Waals surface area contributed by atoms with E-state index in [-0.39, 0.29) is 11.9 Å². The van der Waals surface area contributed by atoms with E-state index in [1.54, 1.807) is 12.1 Å². The van der Waals surface area contributed by atoms with Gasteiger partial charge in [-0.25, -0.2) is 4.39 Å². The lowest BCUT2D eigenvalue weighted by molar-refractivity contribution is 0.611. The second-order valence-electron chi connectivity index (χ2n) is 6.03. The Hall–Kier alpha value is -1.09. The Labute approximate surface area is 122 Å². The summed E-state index contributed by atoms with van der Waals surface area (Å²) in [6, 6.07) is 5.29. The van der Waals surface area contributed by atoms with Crippen molar-refractivity contribution >= 4 is 5.69 Å². The Morgan fingerprint density at radius 2 is 2.10 bits per heavy atom. The molecule has 2 rings (SSSR count). The highest BCUT2D eigenvalue weighted by molar-refractivity contribution is 5.54. The summed E-state index contributed by atoms with van der Waals surface area (Å²) in [6.07, 6.45) is 5.47. The number of benzene rings is 1. The van der Waals surface area contributed by atoms with E-state index in [0.29, 0.717) is 0 Å². The highest BCUT2D eigenvalue weighted by Crippen LogP contribution is 2.33. The SMILES string of the molecule is CCCN(CC1CC1)c1ccc(F)cc1CC(N)CC. The summed E-state index contributed by atoms with van der Waals surface area (Å²) in [6.45, 7) is 6.42. The Bertz CT molecular complexity index is 429. The molecule has 1 fully saturated rings. The van der Waals surface area contributed by atoms with Crippen LogP contribution in [0.3, 0.4) is 0 Å². The molecule has 112 valence electrons. The third-order valence-corrected chi connectivity index (χ3v) is 4.06. The van der Waals surface area contributed by atoms with Crippen molar-refractivity contribution in [3.63, 3.8) is 0 Å². The van der Waals surface area contributed by atoms with Crippen LogP contribution in [0.4, 0.5) is 10.1 Å². The number of rotatable bonds is 8. The molecule has 0 saturated heterocycles. The first-order valence-electron chi connectivity index (χ1n) is 7.93. The van der Waals surface area contributed by atoms with E-state index in [9.17, 15) is 4.39 Å². The van der Waals surface area contributed by atoms with Crippen LogP contribution in [-0.4, -0.2) is 19.1 Å². The minimum atomic E-state index is -0.157. The molecule has 1 aromatic rings. The lowest BCUT2D eigenvalue weighted by Crippen LogP contribution is -2.29. The second kappa shape index (κ2) is 7.07. The lowest BCUT2D eigenvalue weighted by atomic mass is 10.0. The Morgan fingerprint density at radius 3 is 2.70 bits per heavy atom. The standard InChI is InChI=1S/C17H27FN2/c1-3-9-20(12-13-5-6-13)17-8-7-15(18)10-14(17)11-16(19)4-2/h7-8,10,13,16H,3-6,9,11-12,19H2,1-2H3. The molecule has 1 atom stereocenters. The van der Waals surface area contributed by atoms with Crippen molar-refractivity contribution < 1.29 is 4.39 Å². The predicted octanol–water partition coefficient (Wildman–Crippen LogP) is 3.73. The van der Waals surface area contributed by atoms with Crippen molar-refractivity contribution in [3.8, 4) is 0 Å². The smallest absolute Gasteiger partial charge is 0.123 e. The molecule has 0 amide bonds. The molecule has 1 unspecified atom stereocenters. The monoisotopic (exact) mass is 278 g/mol. The van der Waals surface area contributed by atoms with Gasteiger partial charge >= 0.3 is 0 Å². The van der Waals surface area contributed by atoms with E-state index in [4.69, 9.17) is 5.73 Å². The summed E-state index contributed by atoms with van der Waals surface area (Å²) in [5.74, 6) is 0.675. The molecule has 1 aliphatic rings. The van der Waals surface area contributed by atoms with Crippen molar-refractivity contribution in [2.24, 2.45) is 11.7 Å². The third-order valence-electron chi connectivity index (χ3n) is 4.06. The van der Waals surface area contributed by atoms with Gasteiger partial charge in [0.2, 0.25) is 0 Å². The third kappa shape index (κ3) is 4.20. The Kier molecular flexibility index (Phi) is 5.41. The topological polar surface area (TPSA) is 29.3 Å². The van der Waals surface area contributed by atoms with E-state index in [1.165, 1.54) is 18.5 Å². The fourth-order valence-electron chi connectivity index (χ4n) is 2.64. The molecular weight excluding hydrogens is 251 g/mol. The zero-order valence-electron chi connectivity index (χ0n) is 12.7. The van der Waals surface area contributed by atoms with Gasteiger partial charge in [-0.2, -0.15) is 0 Å². The number of nitrogens with two attached hydrogens (primary N) is 1. The van der Waals surface area contributed by atoms with E-state index < -0.39 is 0 Å². The maximum atomic E-state index is 13.6. The highest BCUT2D eigenvalue weighted by atomic mass is 19.1. The first-order valence-corrected chi connectivity index (χ1v) is 7.93. The van der Waals surface area contributed by atoms with Gasteiger partial charge in [0.05, 0.1) is 0 Å². The molecule has 3 heteroatoms. The Morgan fingerprint density at radius 1 is 1.35 bits per heavy atom. The molecule has 0 spiro atoms. The van der Waals surface area contributed by atoms with Crippen molar-refractivity contribution in [2.75, 3.05) is 18.0 Å². The van der Waals surface area contributed by atoms with Crippen LogP contribution < -0.4 is 10.6 Å². The summed E-state index contributed by atoms with van der Waals surface area (Å²) in [5, 5.41) is 0. The molecule has 0 heterocycles. The van der Waals surface area contributed by atoms with Crippen LogP contribution in [0.2, 0.25) is 0 Å². The summed E-state index contributed by atoms with van der Waals surface area (Å²) in [7, 11) is 0. The molecular formula is C17H27FN2. The molecule has 1 saturated carbocycles. The largest absolute Gasteiger partial charge is 0.371 e. The summed E-state index contributed by atoms with van der Waals surface area (Å²) in [5.41, 5.74) is 8.32. The summed E-state index contributed by atoms with van der Waals surface area (Å²) >= 11 is 0. The van der Waals surface area contributed by atoms with Crippen LogP contribution in [0.25, 0.3) is 0 Å². The van der Waals surface area contributed by atoms with Crippen molar-refractivity contribution in [3.05, 3.63) is 29.6 Å². The van der Waals surface area contributed by atoms with Gasteiger partial charge in [0.15, 0.2) is 0 Å². The average Bonchev–Trinajstić information content (AvgIpc) is 3.22. The maximum Gasteiger partial charge on any atom is 0.123 e. The molecule has 2 N–H and O–H groups in total. The number of halogens is 1. The number of anilines is 1. The van der Waals surface area contributed by atoms with Crippen LogP contribution in [0.15, 0.2) is 18.2 Å². The van der Waals surface area contributed by atoms with E-state index in [0.717, 1.165) is 43.8 Å². The van der Waals surface area contributed by atoms with Gasteiger partial charge in [0.25, 0.3) is 0 Å². The minimum Gasteiger partial charge on any atom is -0.371 e. The van der Waals surface area contributed by atoms with Crippen molar-refractivity contribution in [1.82, 2.24) is 0 Å². The summed E-state index contributed by atoms with van der Waals surface area (Å²) < 4.78 is 13.6. The lowest BCUT2D eigenvalue weighted by Gasteiger charge is -2.27. The van der Waals surface area contributed by atoms with Crippen molar-refractivity contribution in [2.45, 2.75) is 52.0 Å². The normalized spacial score (nSPS) is 16.2. The minimum absolute atomic E-state index is 0.111. The molecule has 2 nitrogen and oxygen atoms in total. The molecule has 0 aromatic heterocycles. The van der Waals surface area contributed by atoms with Gasteiger partial charge in [-0.3, -0.25) is 0 Å². The van der Waals surface area contributed by atoms with Gasteiger partial charge in [0.1, 0.15) is 5.82 Å². The fourth-order valence-corrected chi connectivity index (χ4v) is 2.64. The molecule has 20 heavy (non-hydrogen) atoms. The number of hydrogen-bond acceptors (Lipinski definition) is 2. The van der Waals surface area contributed by atoms with E-state index >= 15 is 0 Å². The number of nitrogens with zero attached hydrogens (tertiary/aromatic N) is 1. The predicted molar refractivity (Wildman–Crippen MR) is 83.6 cm³/mol. The summed E-state index contributed by atoms with van der Waals surface area (Å²) in [4.78, 5) is 2.43. The Balaban J connectivity index is 2.21. The van der Waals surface area contributed by atoms with Crippen LogP contribution >= 0.6 is 0 Å². The molecule has 0 aliphatic heterocycles. The fraction of sp³-hybridized carbons (Fsp3) is 0.647. The number of hydrogen-bond donors (Lipinski definition) is 1. The van der Waals surface area contributed by atoms with Crippen LogP contribution in [-0.2, 0) is 6.42 Å². The van der Waals surface area contributed by atoms with E-state index in [2.05, 4.69) is 18.7 Å². The maximum absolute atomic E-state index is 13.6. The van der Waals surface area contributed by atoms with Crippen LogP contribution in [0.5, 0.6) is 0 Å². The zero-order chi connectivity index (χ0) is 14.5. The molecule has 1 aliphatic carbocycles. The second-order valence-corrected chi connectivity index (χ2v) is 6.03. The van der Waals surface area contributed by atoms with Gasteiger partial charge in [-0.05, 0) is 61.8 Å². The first kappa shape index (κ1) is 15.3. The molecule has 0 bridgehead atoms. The van der Waals surface area contributed by atoms with Crippen molar-refractivity contribution in [1.29, 1.82) is 0 Å². The first-order chi connectivity index (χ1) is 9.63. The van der Waals surface area contributed by atoms with Gasteiger partial charge in [-0.15, -0.1) is 0 Å².